The van der Waals surface area contributed by atoms with E-state index in [1.165, 1.54) is 0 Å². The van der Waals surface area contributed by atoms with Crippen molar-refractivity contribution in [2.24, 2.45) is 0 Å². The van der Waals surface area contributed by atoms with Crippen LogP contribution in [0.15, 0.2) is 35.1 Å². The van der Waals surface area contributed by atoms with Gasteiger partial charge in [0.25, 0.3) is 5.56 Å². The number of Topliss-reactive ketones (excluding diaryl/α,β-unsaturated/α-hetero) is 1. The van der Waals surface area contributed by atoms with E-state index >= 15 is 0 Å². The highest BCUT2D eigenvalue weighted by atomic mass is 16.5. The van der Waals surface area contributed by atoms with E-state index in [0.717, 1.165) is 36.2 Å². The number of nitrogens with zero attached hydrogens (tertiary/aromatic N) is 1. The number of pyridine rings is 1. The number of ether oxygens (including phenoxy) is 1. The van der Waals surface area contributed by atoms with Crippen molar-refractivity contribution in [3.05, 3.63) is 57.5 Å². The number of carbonyl (C=O) groups is 2. The lowest BCUT2D eigenvalue weighted by Gasteiger charge is -2.26. The Morgan fingerprint density at radius 1 is 0.957 bits per heavy atom. The van der Waals surface area contributed by atoms with Crippen LogP contribution in [-0.4, -0.2) is 16.3 Å². The average Bonchev–Trinajstić information content (AvgIpc) is 2.55. The third kappa shape index (κ3) is 2.11. The fourth-order valence-electron chi connectivity index (χ4n) is 3.44. The first-order chi connectivity index (χ1) is 11.2. The minimum absolute atomic E-state index is 0.0223. The van der Waals surface area contributed by atoms with Crippen LogP contribution in [-0.2, 0) is 17.6 Å². The molecule has 0 amide bonds. The molecular formula is C18H15NO4. The number of carbonyl (C=O) groups excluding carboxylic acids is 2. The van der Waals surface area contributed by atoms with Crippen molar-refractivity contribution in [2.45, 2.75) is 32.1 Å². The molecule has 0 spiro atoms. The molecule has 4 rings (SSSR count). The molecule has 23 heavy (non-hydrogen) atoms. The van der Waals surface area contributed by atoms with Crippen LogP contribution >= 0.6 is 0 Å². The summed E-state index contributed by atoms with van der Waals surface area (Å²) in [6.07, 6.45) is 3.01. The van der Waals surface area contributed by atoms with E-state index in [9.17, 15) is 14.4 Å². The van der Waals surface area contributed by atoms with Crippen molar-refractivity contribution in [3.63, 3.8) is 0 Å². The molecule has 2 aliphatic rings. The number of hydrogen-bond donors (Lipinski definition) is 0. The van der Waals surface area contributed by atoms with Gasteiger partial charge in [0.2, 0.25) is 0 Å². The zero-order valence-corrected chi connectivity index (χ0v) is 12.5. The first kappa shape index (κ1) is 13.9. The molecular weight excluding hydrogens is 294 g/mol. The third-order valence-corrected chi connectivity index (χ3v) is 4.44. The molecule has 116 valence electrons. The van der Waals surface area contributed by atoms with Gasteiger partial charge in [-0.05, 0) is 37.8 Å². The fourth-order valence-corrected chi connectivity index (χ4v) is 3.44. The largest absolute Gasteiger partial charge is 0.425 e. The van der Waals surface area contributed by atoms with Crippen molar-refractivity contribution in [1.82, 2.24) is 4.57 Å². The van der Waals surface area contributed by atoms with Gasteiger partial charge in [-0.1, -0.05) is 18.2 Å². The first-order valence-corrected chi connectivity index (χ1v) is 7.77. The second-order valence-corrected chi connectivity index (χ2v) is 5.89. The highest BCUT2D eigenvalue weighted by Crippen LogP contribution is 2.35. The van der Waals surface area contributed by atoms with Gasteiger partial charge in [0, 0.05) is 16.9 Å². The maximum absolute atomic E-state index is 13.0. The molecule has 5 nitrogen and oxygen atoms in total. The predicted octanol–water partition coefficient (Wildman–Crippen LogP) is 2.21. The van der Waals surface area contributed by atoms with E-state index in [1.54, 1.807) is 4.57 Å². The summed E-state index contributed by atoms with van der Waals surface area (Å²) in [5.74, 6) is -0.815. The standard InChI is InChI=1S/C18H15NO4/c20-14-10-15(21)23-17-12-8-4-5-9-13(12)19(18(22)16(14)17)11-6-2-1-3-7-11/h1-3,6-7H,4-5,8-10H2. The molecule has 0 fully saturated rings. The molecule has 2 heterocycles. The van der Waals surface area contributed by atoms with E-state index in [2.05, 4.69) is 0 Å². The minimum Gasteiger partial charge on any atom is -0.425 e. The molecule has 0 saturated carbocycles. The number of fused-ring (bicyclic) bond motifs is 3. The Hall–Kier alpha value is -2.69. The van der Waals surface area contributed by atoms with Gasteiger partial charge in [0.05, 0.1) is 0 Å². The van der Waals surface area contributed by atoms with Crippen molar-refractivity contribution in [2.75, 3.05) is 0 Å². The van der Waals surface area contributed by atoms with Crippen molar-refractivity contribution in [3.8, 4) is 11.4 Å². The summed E-state index contributed by atoms with van der Waals surface area (Å²) < 4.78 is 6.91. The quantitative estimate of drug-likeness (QED) is 0.598. The second kappa shape index (κ2) is 5.19. The maximum atomic E-state index is 13.0. The Balaban J connectivity index is 2.09. The van der Waals surface area contributed by atoms with Crippen LogP contribution in [0.1, 0.15) is 40.9 Å². The molecule has 0 radical (unpaired) electrons. The SMILES string of the molecule is O=C1CC(=O)c2c(c3c(n(-c4ccccc4)c2=O)CCCC3)O1. The molecule has 1 aromatic carbocycles. The summed E-state index contributed by atoms with van der Waals surface area (Å²) in [6.45, 7) is 0. The summed E-state index contributed by atoms with van der Waals surface area (Å²) in [7, 11) is 0. The maximum Gasteiger partial charge on any atom is 0.319 e. The van der Waals surface area contributed by atoms with Crippen LogP contribution < -0.4 is 10.3 Å². The fraction of sp³-hybridized carbons (Fsp3) is 0.278. The molecule has 1 aliphatic heterocycles. The average molecular weight is 309 g/mol. The van der Waals surface area contributed by atoms with E-state index in [1.807, 2.05) is 30.3 Å². The summed E-state index contributed by atoms with van der Waals surface area (Å²) >= 11 is 0. The summed E-state index contributed by atoms with van der Waals surface area (Å²) in [5, 5.41) is 0. The van der Waals surface area contributed by atoms with Gasteiger partial charge in [-0.2, -0.15) is 0 Å². The number of hydrogen-bond acceptors (Lipinski definition) is 4. The summed E-state index contributed by atoms with van der Waals surface area (Å²) in [6, 6.07) is 9.30. The number of para-hydroxylation sites is 1. The smallest absolute Gasteiger partial charge is 0.319 e. The van der Waals surface area contributed by atoms with Gasteiger partial charge in [-0.25, -0.2) is 0 Å². The Morgan fingerprint density at radius 2 is 1.70 bits per heavy atom. The molecule has 0 saturated heterocycles. The predicted molar refractivity (Wildman–Crippen MR) is 83.3 cm³/mol. The van der Waals surface area contributed by atoms with Crippen molar-refractivity contribution >= 4 is 11.8 Å². The number of benzene rings is 1. The highest BCUT2D eigenvalue weighted by molar-refractivity contribution is 6.11. The molecule has 0 bridgehead atoms. The number of esters is 1. The number of aromatic nitrogens is 1. The zero-order valence-electron chi connectivity index (χ0n) is 12.5. The lowest BCUT2D eigenvalue weighted by molar-refractivity contribution is -0.133. The van der Waals surface area contributed by atoms with Crippen LogP contribution in [0.5, 0.6) is 5.75 Å². The Kier molecular flexibility index (Phi) is 3.15. The minimum atomic E-state index is -0.577. The molecule has 1 aromatic heterocycles. The molecule has 0 N–H and O–H groups in total. The molecule has 0 atom stereocenters. The van der Waals surface area contributed by atoms with Gasteiger partial charge < -0.3 is 4.74 Å². The van der Waals surface area contributed by atoms with Crippen LogP contribution in [0.3, 0.4) is 0 Å². The monoisotopic (exact) mass is 309 g/mol. The van der Waals surface area contributed by atoms with Gasteiger partial charge in [0.15, 0.2) is 11.5 Å². The van der Waals surface area contributed by atoms with E-state index < -0.39 is 11.8 Å². The van der Waals surface area contributed by atoms with E-state index in [0.29, 0.717) is 6.42 Å². The topological polar surface area (TPSA) is 65.4 Å². The zero-order chi connectivity index (χ0) is 16.0. The number of rotatable bonds is 1. The van der Waals surface area contributed by atoms with Crippen LogP contribution in [0, 0.1) is 0 Å². The summed E-state index contributed by atoms with van der Waals surface area (Å²) in [4.78, 5) is 36.9. The van der Waals surface area contributed by atoms with Gasteiger partial charge >= 0.3 is 5.97 Å². The van der Waals surface area contributed by atoms with Crippen LogP contribution in [0.25, 0.3) is 5.69 Å². The molecule has 2 aromatic rings. The third-order valence-electron chi connectivity index (χ3n) is 4.44. The van der Waals surface area contributed by atoms with E-state index in [-0.39, 0.29) is 23.3 Å². The Morgan fingerprint density at radius 3 is 2.48 bits per heavy atom. The van der Waals surface area contributed by atoms with Crippen LogP contribution in [0.2, 0.25) is 0 Å². The van der Waals surface area contributed by atoms with Gasteiger partial charge in [-0.15, -0.1) is 0 Å². The molecule has 5 heteroatoms. The molecule has 0 unspecified atom stereocenters. The van der Waals surface area contributed by atoms with Gasteiger partial charge in [-0.3, -0.25) is 19.0 Å². The number of ketones is 1. The highest BCUT2D eigenvalue weighted by Gasteiger charge is 2.34. The lowest BCUT2D eigenvalue weighted by Crippen LogP contribution is -2.36. The summed E-state index contributed by atoms with van der Waals surface area (Å²) in [5.41, 5.74) is 2.06. The first-order valence-electron chi connectivity index (χ1n) is 7.77. The van der Waals surface area contributed by atoms with Crippen molar-refractivity contribution in [1.29, 1.82) is 0 Å². The second-order valence-electron chi connectivity index (χ2n) is 5.89. The van der Waals surface area contributed by atoms with Crippen molar-refractivity contribution < 1.29 is 14.3 Å². The van der Waals surface area contributed by atoms with Crippen LogP contribution in [0.4, 0.5) is 0 Å². The van der Waals surface area contributed by atoms with E-state index in [4.69, 9.17) is 4.74 Å². The molecule has 1 aliphatic carbocycles. The Labute approximate surface area is 132 Å². The Bertz CT molecular complexity index is 880. The normalized spacial score (nSPS) is 16.5. The lowest BCUT2D eigenvalue weighted by atomic mass is 9.91. The van der Waals surface area contributed by atoms with Gasteiger partial charge in [0.1, 0.15) is 12.0 Å².